The highest BCUT2D eigenvalue weighted by Gasteiger charge is 2.14. The minimum atomic E-state index is -1.12. The van der Waals surface area contributed by atoms with Gasteiger partial charge in [0.25, 0.3) is 0 Å². The summed E-state index contributed by atoms with van der Waals surface area (Å²) >= 11 is 0. The topological polar surface area (TPSA) is 89.1 Å². The fourth-order valence-electron chi connectivity index (χ4n) is 1.39. The smallest absolute Gasteiger partial charge is 0.355 e. The van der Waals surface area contributed by atoms with Gasteiger partial charge in [0.2, 0.25) is 5.95 Å². The van der Waals surface area contributed by atoms with Crippen molar-refractivity contribution in [3.8, 4) is 11.1 Å². The molecule has 2 aromatic rings. The summed E-state index contributed by atoms with van der Waals surface area (Å²) in [6.45, 7) is 0. The first-order valence-electron chi connectivity index (χ1n) is 4.59. The molecule has 3 N–H and O–H groups in total. The van der Waals surface area contributed by atoms with E-state index in [1.54, 1.807) is 12.1 Å². The van der Waals surface area contributed by atoms with Crippen molar-refractivity contribution in [1.29, 1.82) is 0 Å². The van der Waals surface area contributed by atoms with Crippen LogP contribution < -0.4 is 5.73 Å². The Hall–Kier alpha value is -2.43. The van der Waals surface area contributed by atoms with Crippen LogP contribution in [0.3, 0.4) is 0 Å². The van der Waals surface area contributed by atoms with Crippen LogP contribution in [0.1, 0.15) is 10.5 Å². The van der Waals surface area contributed by atoms with Crippen LogP contribution in [0.2, 0.25) is 0 Å². The Morgan fingerprint density at radius 2 is 1.94 bits per heavy atom. The van der Waals surface area contributed by atoms with E-state index in [1.165, 1.54) is 6.20 Å². The number of carboxylic acids is 1. The van der Waals surface area contributed by atoms with Gasteiger partial charge in [0.1, 0.15) is 0 Å². The highest BCUT2D eigenvalue weighted by Crippen LogP contribution is 2.21. The van der Waals surface area contributed by atoms with E-state index in [4.69, 9.17) is 10.8 Å². The summed E-state index contributed by atoms with van der Waals surface area (Å²) in [5.74, 6) is -1.16. The number of aromatic carboxylic acids is 1. The summed E-state index contributed by atoms with van der Waals surface area (Å²) in [6.07, 6.45) is 1.42. The van der Waals surface area contributed by atoms with Gasteiger partial charge < -0.3 is 10.8 Å². The number of nitrogen functional groups attached to an aromatic ring is 1. The number of hydrogen-bond acceptors (Lipinski definition) is 4. The molecule has 1 heterocycles. The van der Waals surface area contributed by atoms with E-state index in [2.05, 4.69) is 9.97 Å². The summed E-state index contributed by atoms with van der Waals surface area (Å²) in [5.41, 5.74) is 6.48. The third kappa shape index (κ3) is 1.83. The number of nitrogens with zero attached hydrogens (tertiary/aromatic N) is 2. The van der Waals surface area contributed by atoms with Crippen LogP contribution in [0.15, 0.2) is 36.5 Å². The first-order chi connectivity index (χ1) is 7.68. The predicted octanol–water partition coefficient (Wildman–Crippen LogP) is 1.42. The van der Waals surface area contributed by atoms with Crippen LogP contribution in [-0.4, -0.2) is 21.0 Å². The summed E-state index contributed by atoms with van der Waals surface area (Å²) in [7, 11) is 0. The largest absolute Gasteiger partial charge is 0.476 e. The number of aromatic nitrogens is 2. The molecule has 0 amide bonds. The lowest BCUT2D eigenvalue weighted by Crippen LogP contribution is -2.07. The second-order valence-corrected chi connectivity index (χ2v) is 3.16. The summed E-state index contributed by atoms with van der Waals surface area (Å²) < 4.78 is 0. The Balaban J connectivity index is 2.61. The van der Waals surface area contributed by atoms with Crippen molar-refractivity contribution < 1.29 is 9.90 Å². The Morgan fingerprint density at radius 3 is 2.56 bits per heavy atom. The average molecular weight is 215 g/mol. The van der Waals surface area contributed by atoms with Gasteiger partial charge in [-0.05, 0) is 5.56 Å². The van der Waals surface area contributed by atoms with Crippen molar-refractivity contribution in [3.05, 3.63) is 42.2 Å². The monoisotopic (exact) mass is 215 g/mol. The number of anilines is 1. The Kier molecular flexibility index (Phi) is 2.51. The summed E-state index contributed by atoms with van der Waals surface area (Å²) in [4.78, 5) is 18.5. The minimum Gasteiger partial charge on any atom is -0.476 e. The molecule has 0 radical (unpaired) electrons. The highest BCUT2D eigenvalue weighted by molar-refractivity contribution is 5.93. The van der Waals surface area contributed by atoms with E-state index >= 15 is 0 Å². The first kappa shape index (κ1) is 10.1. The molecule has 2 rings (SSSR count). The molecule has 0 spiro atoms. The first-order valence-corrected chi connectivity index (χ1v) is 4.59. The molecule has 1 aromatic carbocycles. The summed E-state index contributed by atoms with van der Waals surface area (Å²) in [6, 6.07) is 9.07. The number of carboxylic acid groups (broad SMARTS) is 1. The molecule has 16 heavy (non-hydrogen) atoms. The fourth-order valence-corrected chi connectivity index (χ4v) is 1.39. The van der Waals surface area contributed by atoms with E-state index in [0.29, 0.717) is 5.56 Å². The Labute approximate surface area is 91.6 Å². The second-order valence-electron chi connectivity index (χ2n) is 3.16. The maximum absolute atomic E-state index is 11.0. The molecule has 1 aromatic heterocycles. The molecule has 0 saturated carbocycles. The van der Waals surface area contributed by atoms with Crippen LogP contribution in [0, 0.1) is 0 Å². The molecule has 0 aliphatic carbocycles. The van der Waals surface area contributed by atoms with Gasteiger partial charge in [-0.15, -0.1) is 0 Å². The van der Waals surface area contributed by atoms with Crippen molar-refractivity contribution >= 4 is 11.9 Å². The number of hydrogen-bond donors (Lipinski definition) is 2. The molecule has 0 atom stereocenters. The SMILES string of the molecule is Nc1ncc(-c2ccccc2)c(C(=O)O)n1. The molecule has 0 unspecified atom stereocenters. The molecule has 0 aliphatic heterocycles. The van der Waals surface area contributed by atoms with E-state index in [1.807, 2.05) is 18.2 Å². The van der Waals surface area contributed by atoms with E-state index < -0.39 is 5.97 Å². The number of benzene rings is 1. The lowest BCUT2D eigenvalue weighted by Gasteiger charge is -2.04. The number of rotatable bonds is 2. The lowest BCUT2D eigenvalue weighted by atomic mass is 10.1. The minimum absolute atomic E-state index is 0.0444. The Morgan fingerprint density at radius 1 is 1.25 bits per heavy atom. The summed E-state index contributed by atoms with van der Waals surface area (Å²) in [5, 5.41) is 9.01. The Bertz CT molecular complexity index is 526. The number of nitrogens with two attached hydrogens (primary N) is 1. The van der Waals surface area contributed by atoms with Gasteiger partial charge in [0.05, 0.1) is 0 Å². The van der Waals surface area contributed by atoms with E-state index in [9.17, 15) is 4.79 Å². The molecular weight excluding hydrogens is 206 g/mol. The lowest BCUT2D eigenvalue weighted by molar-refractivity contribution is 0.0691. The van der Waals surface area contributed by atoms with Gasteiger partial charge in [0, 0.05) is 11.8 Å². The van der Waals surface area contributed by atoms with Crippen molar-refractivity contribution in [2.75, 3.05) is 5.73 Å². The molecule has 5 heteroatoms. The molecule has 0 saturated heterocycles. The standard InChI is InChI=1S/C11H9N3O2/c12-11-13-6-8(9(14-11)10(15)16)7-4-2-1-3-5-7/h1-6H,(H,15,16)(H2,12,13,14). The average Bonchev–Trinajstić information content (AvgIpc) is 2.30. The molecular formula is C11H9N3O2. The van der Waals surface area contributed by atoms with Crippen LogP contribution in [-0.2, 0) is 0 Å². The van der Waals surface area contributed by atoms with Crippen LogP contribution in [0.25, 0.3) is 11.1 Å². The quantitative estimate of drug-likeness (QED) is 0.790. The van der Waals surface area contributed by atoms with Gasteiger partial charge >= 0.3 is 5.97 Å². The van der Waals surface area contributed by atoms with Crippen molar-refractivity contribution in [2.24, 2.45) is 0 Å². The van der Waals surface area contributed by atoms with Crippen molar-refractivity contribution in [3.63, 3.8) is 0 Å². The molecule has 0 aliphatic rings. The molecule has 0 fully saturated rings. The number of carbonyl (C=O) groups is 1. The zero-order valence-electron chi connectivity index (χ0n) is 8.29. The molecule has 80 valence electrons. The van der Waals surface area contributed by atoms with Crippen LogP contribution in [0.4, 0.5) is 5.95 Å². The third-order valence-electron chi connectivity index (χ3n) is 2.09. The maximum Gasteiger partial charge on any atom is 0.355 e. The van der Waals surface area contributed by atoms with Gasteiger partial charge in [-0.2, -0.15) is 0 Å². The highest BCUT2D eigenvalue weighted by atomic mass is 16.4. The maximum atomic E-state index is 11.0. The molecule has 5 nitrogen and oxygen atoms in total. The second kappa shape index (κ2) is 3.98. The van der Waals surface area contributed by atoms with Crippen LogP contribution >= 0.6 is 0 Å². The molecule has 0 bridgehead atoms. The van der Waals surface area contributed by atoms with Crippen molar-refractivity contribution in [2.45, 2.75) is 0 Å². The van der Waals surface area contributed by atoms with Gasteiger partial charge in [-0.3, -0.25) is 0 Å². The van der Waals surface area contributed by atoms with Gasteiger partial charge in [-0.25, -0.2) is 14.8 Å². The van der Waals surface area contributed by atoms with Gasteiger partial charge in [0.15, 0.2) is 5.69 Å². The van der Waals surface area contributed by atoms with E-state index in [-0.39, 0.29) is 11.6 Å². The zero-order chi connectivity index (χ0) is 11.5. The van der Waals surface area contributed by atoms with Gasteiger partial charge in [-0.1, -0.05) is 30.3 Å². The normalized spacial score (nSPS) is 10.0. The van der Waals surface area contributed by atoms with Crippen molar-refractivity contribution in [1.82, 2.24) is 9.97 Å². The fraction of sp³-hybridized carbons (Fsp3) is 0. The predicted molar refractivity (Wildman–Crippen MR) is 58.8 cm³/mol. The van der Waals surface area contributed by atoms with E-state index in [0.717, 1.165) is 5.56 Å². The zero-order valence-corrected chi connectivity index (χ0v) is 8.29. The van der Waals surface area contributed by atoms with Crippen LogP contribution in [0.5, 0.6) is 0 Å². The third-order valence-corrected chi connectivity index (χ3v) is 2.09.